The first kappa shape index (κ1) is 19.3. The molecule has 0 saturated heterocycles. The van der Waals surface area contributed by atoms with Crippen LogP contribution in [-0.2, 0) is 11.2 Å². The van der Waals surface area contributed by atoms with Crippen LogP contribution in [0.4, 0.5) is 4.79 Å². The van der Waals surface area contributed by atoms with E-state index < -0.39 is 17.8 Å². The van der Waals surface area contributed by atoms with Crippen molar-refractivity contribution in [2.75, 3.05) is 6.54 Å². The molecule has 0 bridgehead atoms. The monoisotopic (exact) mass is 323 g/mol. The molecule has 23 heavy (non-hydrogen) atoms. The zero-order valence-corrected chi connectivity index (χ0v) is 14.8. The highest BCUT2D eigenvalue weighted by molar-refractivity contribution is 5.67. The molecule has 1 rings (SSSR count). The summed E-state index contributed by atoms with van der Waals surface area (Å²) in [5, 5.41) is 12.3. The number of carbonyl (C=O) groups is 1. The van der Waals surface area contributed by atoms with Gasteiger partial charge in [-0.15, -0.1) is 0 Å². The van der Waals surface area contributed by atoms with Gasteiger partial charge in [0.2, 0.25) is 0 Å². The summed E-state index contributed by atoms with van der Waals surface area (Å²) in [7, 11) is 0. The molecule has 0 spiro atoms. The van der Waals surface area contributed by atoms with Crippen molar-refractivity contribution in [2.45, 2.75) is 65.3 Å². The molecule has 0 aliphatic carbocycles. The van der Waals surface area contributed by atoms with Crippen LogP contribution in [0.5, 0.6) is 5.75 Å². The van der Waals surface area contributed by atoms with Gasteiger partial charge in [0.25, 0.3) is 0 Å². The molecule has 1 amide bonds. The third-order valence-electron chi connectivity index (χ3n) is 3.26. The van der Waals surface area contributed by atoms with Gasteiger partial charge >= 0.3 is 6.09 Å². The number of para-hydroxylation sites is 1. The van der Waals surface area contributed by atoms with Crippen molar-refractivity contribution in [3.05, 3.63) is 29.8 Å². The summed E-state index contributed by atoms with van der Waals surface area (Å²) < 4.78 is 11.0. The Hall–Kier alpha value is -1.75. The lowest BCUT2D eigenvalue weighted by atomic mass is 10.1. The number of nitrogens with one attached hydrogen (secondary N) is 1. The largest absolute Gasteiger partial charge is 0.488 e. The number of aliphatic hydroxyl groups is 1. The first-order valence-electron chi connectivity index (χ1n) is 8.08. The van der Waals surface area contributed by atoms with Crippen molar-refractivity contribution in [1.29, 1.82) is 0 Å². The van der Waals surface area contributed by atoms with Gasteiger partial charge in [-0.3, -0.25) is 0 Å². The highest BCUT2D eigenvalue weighted by Gasteiger charge is 2.16. The second-order valence-electron chi connectivity index (χ2n) is 6.70. The maximum Gasteiger partial charge on any atom is 0.407 e. The Balaban J connectivity index is 2.45. The van der Waals surface area contributed by atoms with Gasteiger partial charge in [0.05, 0.1) is 6.10 Å². The van der Waals surface area contributed by atoms with Crippen molar-refractivity contribution < 1.29 is 19.4 Å². The Morgan fingerprint density at radius 1 is 1.26 bits per heavy atom. The number of carbonyl (C=O) groups excluding carboxylic acids is 1. The number of ether oxygens (including phenoxy) is 2. The molecule has 1 aromatic rings. The molecule has 0 radical (unpaired) electrons. The number of aryl methyl sites for hydroxylation is 1. The van der Waals surface area contributed by atoms with E-state index in [2.05, 4.69) is 5.32 Å². The van der Waals surface area contributed by atoms with E-state index in [1.165, 1.54) is 0 Å². The predicted octanol–water partition coefficient (Wildman–Crippen LogP) is 3.29. The van der Waals surface area contributed by atoms with E-state index in [0.717, 1.165) is 24.2 Å². The first-order chi connectivity index (χ1) is 10.7. The van der Waals surface area contributed by atoms with Crippen LogP contribution in [0.2, 0.25) is 0 Å². The zero-order valence-electron chi connectivity index (χ0n) is 14.8. The van der Waals surface area contributed by atoms with Gasteiger partial charge in [0, 0.05) is 6.54 Å². The standard InChI is InChI=1S/C18H29NO4/c1-13(20)14(2)22-16-11-7-6-9-15(16)10-8-12-19-17(21)23-18(3,4)5/h6-7,9,11,13-14,20H,8,10,12H2,1-5H3,(H,19,21)/t13-,14+/m1/s1. The minimum absolute atomic E-state index is 0.268. The van der Waals surface area contributed by atoms with Gasteiger partial charge in [0.15, 0.2) is 0 Å². The third-order valence-corrected chi connectivity index (χ3v) is 3.26. The molecule has 0 heterocycles. The first-order valence-corrected chi connectivity index (χ1v) is 8.08. The van der Waals surface area contributed by atoms with Gasteiger partial charge in [0.1, 0.15) is 17.5 Å². The van der Waals surface area contributed by atoms with E-state index in [0.29, 0.717) is 6.54 Å². The minimum atomic E-state index is -0.531. The van der Waals surface area contributed by atoms with Crippen molar-refractivity contribution in [2.24, 2.45) is 0 Å². The van der Waals surface area contributed by atoms with Crippen LogP contribution in [0.15, 0.2) is 24.3 Å². The van der Waals surface area contributed by atoms with E-state index in [1.807, 2.05) is 52.0 Å². The molecule has 1 aromatic carbocycles. The molecule has 0 aromatic heterocycles. The van der Waals surface area contributed by atoms with E-state index in [9.17, 15) is 9.90 Å². The minimum Gasteiger partial charge on any atom is -0.488 e. The number of alkyl carbamates (subject to hydrolysis) is 1. The Morgan fingerprint density at radius 2 is 1.91 bits per heavy atom. The summed E-state index contributed by atoms with van der Waals surface area (Å²) in [4.78, 5) is 11.6. The SMILES string of the molecule is C[C@H](Oc1ccccc1CCCNC(=O)OC(C)(C)C)[C@@H](C)O. The van der Waals surface area contributed by atoms with Crippen LogP contribution in [0, 0.1) is 0 Å². The average molecular weight is 323 g/mol. The van der Waals surface area contributed by atoms with Gasteiger partial charge in [-0.25, -0.2) is 4.79 Å². The van der Waals surface area contributed by atoms with Gasteiger partial charge < -0.3 is 19.9 Å². The highest BCUT2D eigenvalue weighted by atomic mass is 16.6. The summed E-state index contributed by atoms with van der Waals surface area (Å²) >= 11 is 0. The fourth-order valence-electron chi connectivity index (χ4n) is 1.91. The van der Waals surface area contributed by atoms with Crippen LogP contribution in [0.3, 0.4) is 0 Å². The lowest BCUT2D eigenvalue weighted by Crippen LogP contribution is -2.33. The maximum absolute atomic E-state index is 11.6. The lowest BCUT2D eigenvalue weighted by molar-refractivity contribution is 0.0526. The van der Waals surface area contributed by atoms with E-state index in [1.54, 1.807) is 6.92 Å². The smallest absolute Gasteiger partial charge is 0.407 e. The second-order valence-corrected chi connectivity index (χ2v) is 6.70. The van der Waals surface area contributed by atoms with Crippen molar-refractivity contribution >= 4 is 6.09 Å². The van der Waals surface area contributed by atoms with Crippen LogP contribution >= 0.6 is 0 Å². The predicted molar refractivity (Wildman–Crippen MR) is 90.8 cm³/mol. The molecule has 5 nitrogen and oxygen atoms in total. The maximum atomic E-state index is 11.6. The van der Waals surface area contributed by atoms with Crippen LogP contribution in [0.25, 0.3) is 0 Å². The molecule has 2 atom stereocenters. The summed E-state index contributed by atoms with van der Waals surface area (Å²) in [6.45, 7) is 9.59. The second kappa shape index (κ2) is 8.77. The highest BCUT2D eigenvalue weighted by Crippen LogP contribution is 2.21. The zero-order chi connectivity index (χ0) is 17.5. The van der Waals surface area contributed by atoms with E-state index >= 15 is 0 Å². The Morgan fingerprint density at radius 3 is 2.52 bits per heavy atom. The lowest BCUT2D eigenvalue weighted by Gasteiger charge is -2.20. The number of hydrogen-bond donors (Lipinski definition) is 2. The van der Waals surface area contributed by atoms with Crippen LogP contribution < -0.4 is 10.1 Å². The number of aliphatic hydroxyl groups excluding tert-OH is 1. The molecule has 0 aliphatic rings. The van der Waals surface area contributed by atoms with E-state index in [4.69, 9.17) is 9.47 Å². The van der Waals surface area contributed by atoms with E-state index in [-0.39, 0.29) is 6.10 Å². The van der Waals surface area contributed by atoms with Gasteiger partial charge in [-0.05, 0) is 59.1 Å². The molecule has 0 fully saturated rings. The average Bonchev–Trinajstić information content (AvgIpc) is 2.43. The molecule has 0 saturated carbocycles. The fraction of sp³-hybridized carbons (Fsp3) is 0.611. The molecule has 130 valence electrons. The normalized spacial score (nSPS) is 14.0. The Bertz CT molecular complexity index is 494. The molecule has 2 N–H and O–H groups in total. The topological polar surface area (TPSA) is 67.8 Å². The molecule has 0 aliphatic heterocycles. The summed E-state index contributed by atoms with van der Waals surface area (Å²) in [5.41, 5.74) is 0.577. The third kappa shape index (κ3) is 7.88. The number of benzene rings is 1. The molecular weight excluding hydrogens is 294 g/mol. The van der Waals surface area contributed by atoms with Crippen LogP contribution in [-0.4, -0.2) is 35.6 Å². The van der Waals surface area contributed by atoms with Crippen molar-refractivity contribution in [1.82, 2.24) is 5.32 Å². The molecule has 5 heteroatoms. The number of amides is 1. The summed E-state index contributed by atoms with van der Waals surface area (Å²) in [6, 6.07) is 7.76. The molecule has 0 unspecified atom stereocenters. The quantitative estimate of drug-likeness (QED) is 0.756. The number of hydrogen-bond acceptors (Lipinski definition) is 4. The van der Waals surface area contributed by atoms with Gasteiger partial charge in [-0.2, -0.15) is 0 Å². The van der Waals surface area contributed by atoms with Crippen molar-refractivity contribution in [3.8, 4) is 5.75 Å². The Kier molecular flexibility index (Phi) is 7.36. The fourth-order valence-corrected chi connectivity index (χ4v) is 1.91. The number of rotatable bonds is 7. The summed E-state index contributed by atoms with van der Waals surface area (Å²) in [6.07, 6.45) is 0.360. The van der Waals surface area contributed by atoms with Gasteiger partial charge in [-0.1, -0.05) is 18.2 Å². The van der Waals surface area contributed by atoms with Crippen LogP contribution in [0.1, 0.15) is 46.6 Å². The van der Waals surface area contributed by atoms with Crippen molar-refractivity contribution in [3.63, 3.8) is 0 Å². The summed E-state index contributed by atoms with van der Waals surface area (Å²) in [5.74, 6) is 0.776. The molecular formula is C18H29NO4. The Labute approximate surface area is 139 Å².